The highest BCUT2D eigenvalue weighted by atomic mass is 35.5. The molecule has 2 aromatic carbocycles. The van der Waals surface area contributed by atoms with Crippen LogP contribution in [0.4, 0.5) is 11.5 Å². The molecule has 0 saturated heterocycles. The van der Waals surface area contributed by atoms with Gasteiger partial charge in [0.05, 0.1) is 16.9 Å². The van der Waals surface area contributed by atoms with Crippen LogP contribution in [0.2, 0.25) is 5.02 Å². The predicted molar refractivity (Wildman–Crippen MR) is 112 cm³/mol. The van der Waals surface area contributed by atoms with E-state index in [1.165, 1.54) is 0 Å². The van der Waals surface area contributed by atoms with E-state index in [1.807, 2.05) is 50.2 Å². The molecule has 0 bridgehead atoms. The average Bonchev–Trinajstić information content (AvgIpc) is 3.21. The molecule has 1 aromatic heterocycles. The number of carbonyl (C=O) groups is 2. The number of amides is 2. The molecule has 2 aliphatic rings. The van der Waals surface area contributed by atoms with E-state index in [0.29, 0.717) is 28.6 Å². The Bertz CT molecular complexity index is 1190. The summed E-state index contributed by atoms with van der Waals surface area (Å²) in [6, 6.07) is 13.3. The fourth-order valence-electron chi connectivity index (χ4n) is 4.53. The number of benzene rings is 2. The van der Waals surface area contributed by atoms with E-state index in [1.54, 1.807) is 21.8 Å². The lowest BCUT2D eigenvalue weighted by Crippen LogP contribution is -2.46. The van der Waals surface area contributed by atoms with Gasteiger partial charge in [-0.3, -0.25) is 9.59 Å². The minimum Gasteiger partial charge on any atom is -0.311 e. The second-order valence-electron chi connectivity index (χ2n) is 7.47. The first-order chi connectivity index (χ1) is 14.0. The van der Waals surface area contributed by atoms with Crippen LogP contribution in [0.25, 0.3) is 5.69 Å². The van der Waals surface area contributed by atoms with Crippen molar-refractivity contribution in [1.29, 1.82) is 0 Å². The van der Waals surface area contributed by atoms with Crippen LogP contribution in [0.1, 0.15) is 30.0 Å². The monoisotopic (exact) mass is 406 g/mol. The highest BCUT2D eigenvalue weighted by Gasteiger charge is 2.56. The normalized spacial score (nSPS) is 20.0. The summed E-state index contributed by atoms with van der Waals surface area (Å²) < 4.78 is 1.60. The maximum Gasteiger partial charge on any atom is 0.242 e. The number of nitrogens with one attached hydrogen (secondary N) is 1. The Labute approximate surface area is 173 Å². The van der Waals surface area contributed by atoms with Crippen LogP contribution in [0.15, 0.2) is 48.7 Å². The number of rotatable bonds is 2. The number of aromatic nitrogens is 2. The molecule has 1 N–H and O–H groups in total. The number of likely N-dealkylation sites (N-methyl/N-ethyl adjacent to an activating group) is 1. The summed E-state index contributed by atoms with van der Waals surface area (Å²) in [6.07, 6.45) is 1.74. The third-order valence-corrected chi connectivity index (χ3v) is 6.14. The molecular formula is C22H19ClN4O2. The molecule has 2 aliphatic heterocycles. The van der Waals surface area contributed by atoms with Crippen LogP contribution in [-0.4, -0.2) is 28.1 Å². The van der Waals surface area contributed by atoms with Gasteiger partial charge in [0.1, 0.15) is 11.2 Å². The van der Waals surface area contributed by atoms with Gasteiger partial charge in [0.25, 0.3) is 0 Å². The molecular weight excluding hydrogens is 388 g/mol. The van der Waals surface area contributed by atoms with Crippen molar-refractivity contribution in [2.45, 2.75) is 25.7 Å². The summed E-state index contributed by atoms with van der Waals surface area (Å²) >= 11 is 6.37. The number of aryl methyl sites for hydroxylation is 1. The van der Waals surface area contributed by atoms with Crippen molar-refractivity contribution in [3.63, 3.8) is 0 Å². The topological polar surface area (TPSA) is 67.2 Å². The number of carbonyl (C=O) groups excluding carboxylic acids is 2. The zero-order valence-corrected chi connectivity index (χ0v) is 16.8. The molecule has 2 amide bonds. The van der Waals surface area contributed by atoms with Crippen LogP contribution in [0.3, 0.4) is 0 Å². The molecule has 0 unspecified atom stereocenters. The second kappa shape index (κ2) is 6.19. The lowest BCUT2D eigenvalue weighted by Gasteiger charge is -2.32. The van der Waals surface area contributed by atoms with E-state index in [0.717, 1.165) is 16.8 Å². The van der Waals surface area contributed by atoms with Gasteiger partial charge in [-0.2, -0.15) is 5.10 Å². The van der Waals surface area contributed by atoms with Gasteiger partial charge >= 0.3 is 0 Å². The van der Waals surface area contributed by atoms with Gasteiger partial charge in [0.15, 0.2) is 0 Å². The maximum absolute atomic E-state index is 13.7. The molecule has 5 rings (SSSR count). The first-order valence-electron chi connectivity index (χ1n) is 9.53. The Hall–Kier alpha value is -3.12. The third kappa shape index (κ3) is 2.32. The zero-order chi connectivity index (χ0) is 20.3. The summed E-state index contributed by atoms with van der Waals surface area (Å²) in [7, 11) is 0. The Morgan fingerprint density at radius 3 is 2.69 bits per heavy atom. The smallest absolute Gasteiger partial charge is 0.242 e. The van der Waals surface area contributed by atoms with E-state index in [-0.39, 0.29) is 18.2 Å². The van der Waals surface area contributed by atoms with Crippen molar-refractivity contribution in [2.24, 2.45) is 0 Å². The number of nitrogens with zero attached hydrogens (tertiary/aromatic N) is 3. The minimum atomic E-state index is -1.07. The van der Waals surface area contributed by atoms with Crippen molar-refractivity contribution in [2.75, 3.05) is 16.8 Å². The molecule has 146 valence electrons. The highest BCUT2D eigenvalue weighted by Crippen LogP contribution is 2.52. The zero-order valence-electron chi connectivity index (χ0n) is 16.1. The van der Waals surface area contributed by atoms with Crippen molar-refractivity contribution >= 4 is 34.9 Å². The lowest BCUT2D eigenvalue weighted by molar-refractivity contribution is -0.126. The summed E-state index contributed by atoms with van der Waals surface area (Å²) in [5.74, 6) is 0.189. The first-order valence-corrected chi connectivity index (χ1v) is 9.91. The maximum atomic E-state index is 13.7. The van der Waals surface area contributed by atoms with Gasteiger partial charge < -0.3 is 10.2 Å². The SMILES string of the molecule is CCN1C(=O)[C@@]2(CC(=O)Nc3c2cnn3-c2ccccc2Cl)c2cc(C)ccc21. The standard InChI is InChI=1S/C22H19ClN4O2/c1-3-26-17-9-8-13(2)10-14(17)22(21(26)29)11-19(28)25-20-15(22)12-24-27(20)18-7-5-4-6-16(18)23/h4-10,12H,3,11H2,1-2H3,(H,25,28)/t22-/m0/s1. The van der Waals surface area contributed by atoms with E-state index in [9.17, 15) is 9.59 Å². The fraction of sp³-hybridized carbons (Fsp3) is 0.227. The fourth-order valence-corrected chi connectivity index (χ4v) is 4.74. The molecule has 0 aliphatic carbocycles. The molecule has 0 saturated carbocycles. The molecule has 1 atom stereocenters. The van der Waals surface area contributed by atoms with E-state index < -0.39 is 5.41 Å². The van der Waals surface area contributed by atoms with Crippen molar-refractivity contribution < 1.29 is 9.59 Å². The molecule has 6 nitrogen and oxygen atoms in total. The Balaban J connectivity index is 1.80. The van der Waals surface area contributed by atoms with Crippen LogP contribution >= 0.6 is 11.6 Å². The molecule has 3 aromatic rings. The molecule has 3 heterocycles. The minimum absolute atomic E-state index is 0.0556. The van der Waals surface area contributed by atoms with Gasteiger partial charge in [-0.1, -0.05) is 41.4 Å². The molecule has 0 radical (unpaired) electrons. The van der Waals surface area contributed by atoms with Crippen LogP contribution < -0.4 is 10.2 Å². The first kappa shape index (κ1) is 17.9. The number of hydrogen-bond donors (Lipinski definition) is 1. The summed E-state index contributed by atoms with van der Waals surface area (Å²) in [5.41, 5.74) is 3.03. The van der Waals surface area contributed by atoms with E-state index in [4.69, 9.17) is 11.6 Å². The van der Waals surface area contributed by atoms with Crippen LogP contribution in [-0.2, 0) is 15.0 Å². The predicted octanol–water partition coefficient (Wildman–Crippen LogP) is 3.83. The van der Waals surface area contributed by atoms with Gasteiger partial charge in [-0.15, -0.1) is 0 Å². The number of hydrogen-bond acceptors (Lipinski definition) is 3. The Kier molecular flexibility index (Phi) is 3.83. The summed E-state index contributed by atoms with van der Waals surface area (Å²) in [4.78, 5) is 28.3. The number of anilines is 2. The summed E-state index contributed by atoms with van der Waals surface area (Å²) in [6.45, 7) is 4.47. The number of halogens is 1. The van der Waals surface area contributed by atoms with E-state index >= 15 is 0 Å². The lowest BCUT2D eigenvalue weighted by atomic mass is 9.71. The van der Waals surface area contributed by atoms with Gasteiger partial charge in [0, 0.05) is 24.2 Å². The Morgan fingerprint density at radius 1 is 1.14 bits per heavy atom. The van der Waals surface area contributed by atoms with Crippen LogP contribution in [0, 0.1) is 6.92 Å². The largest absolute Gasteiger partial charge is 0.311 e. The van der Waals surface area contributed by atoms with Gasteiger partial charge in [0.2, 0.25) is 11.8 Å². The van der Waals surface area contributed by atoms with Gasteiger partial charge in [-0.25, -0.2) is 4.68 Å². The highest BCUT2D eigenvalue weighted by molar-refractivity contribution is 6.32. The van der Waals surface area contributed by atoms with Gasteiger partial charge in [-0.05, 0) is 37.6 Å². The molecule has 7 heteroatoms. The number of fused-ring (bicyclic) bond motifs is 4. The van der Waals surface area contributed by atoms with Crippen molar-refractivity contribution in [3.05, 3.63) is 70.4 Å². The quantitative estimate of drug-likeness (QED) is 0.703. The third-order valence-electron chi connectivity index (χ3n) is 5.82. The van der Waals surface area contributed by atoms with E-state index in [2.05, 4.69) is 10.4 Å². The van der Waals surface area contributed by atoms with Crippen LogP contribution in [0.5, 0.6) is 0 Å². The Morgan fingerprint density at radius 2 is 1.93 bits per heavy atom. The van der Waals surface area contributed by atoms with Crippen molar-refractivity contribution in [1.82, 2.24) is 9.78 Å². The summed E-state index contributed by atoms with van der Waals surface area (Å²) in [5, 5.41) is 7.94. The second-order valence-corrected chi connectivity index (χ2v) is 7.88. The molecule has 1 spiro atoms. The van der Waals surface area contributed by atoms with Crippen molar-refractivity contribution in [3.8, 4) is 5.69 Å². The molecule has 29 heavy (non-hydrogen) atoms. The molecule has 0 fully saturated rings. The number of para-hydroxylation sites is 1. The average molecular weight is 407 g/mol.